The van der Waals surface area contributed by atoms with E-state index in [1.54, 1.807) is 0 Å². The van der Waals surface area contributed by atoms with E-state index in [4.69, 9.17) is 4.42 Å². The summed E-state index contributed by atoms with van der Waals surface area (Å²) < 4.78 is 5.78. The summed E-state index contributed by atoms with van der Waals surface area (Å²) in [4.78, 5) is 0. The van der Waals surface area contributed by atoms with E-state index in [-0.39, 0.29) is 0 Å². The highest BCUT2D eigenvalue weighted by atomic mass is 16.3. The average molecular weight is 217 g/mol. The molecule has 1 aromatic carbocycles. The minimum atomic E-state index is 0.591. The number of benzene rings is 1. The van der Waals surface area contributed by atoms with Crippen LogP contribution in [0.4, 0.5) is 0 Å². The number of hydrogen-bond donors (Lipinski definition) is 1. The lowest BCUT2D eigenvalue weighted by molar-refractivity contribution is 0.469. The molecule has 0 spiro atoms. The molecule has 1 unspecified atom stereocenters. The van der Waals surface area contributed by atoms with E-state index < -0.39 is 0 Å². The van der Waals surface area contributed by atoms with E-state index in [2.05, 4.69) is 24.4 Å². The minimum absolute atomic E-state index is 0.591. The molecule has 0 fully saturated rings. The lowest BCUT2D eigenvalue weighted by Gasteiger charge is -2.11. The number of rotatable bonds is 5. The topological polar surface area (TPSA) is 25.2 Å². The molecule has 1 aromatic heterocycles. The highest BCUT2D eigenvalue weighted by Crippen LogP contribution is 2.20. The molecule has 0 bridgehead atoms. The van der Waals surface area contributed by atoms with Gasteiger partial charge < -0.3 is 9.73 Å². The van der Waals surface area contributed by atoms with Gasteiger partial charge in [0.15, 0.2) is 0 Å². The molecule has 1 atom stereocenters. The zero-order chi connectivity index (χ0) is 11.4. The van der Waals surface area contributed by atoms with Gasteiger partial charge in [-0.2, -0.15) is 0 Å². The Hall–Kier alpha value is -1.28. The SMILES string of the molecule is CCC(CCc1cc2ccccc2o1)NC. The molecule has 86 valence electrons. The van der Waals surface area contributed by atoms with Crippen molar-refractivity contribution in [2.75, 3.05) is 7.05 Å². The van der Waals surface area contributed by atoms with Crippen LogP contribution in [-0.4, -0.2) is 13.1 Å². The molecular formula is C14H19NO. The number of nitrogens with one attached hydrogen (secondary N) is 1. The van der Waals surface area contributed by atoms with Crippen LogP contribution in [0.5, 0.6) is 0 Å². The summed E-state index contributed by atoms with van der Waals surface area (Å²) in [7, 11) is 2.02. The van der Waals surface area contributed by atoms with E-state index in [0.717, 1.165) is 30.6 Å². The number of furan rings is 1. The Labute approximate surface area is 96.6 Å². The molecule has 2 aromatic rings. The highest BCUT2D eigenvalue weighted by molar-refractivity contribution is 5.77. The summed E-state index contributed by atoms with van der Waals surface area (Å²) in [6.07, 6.45) is 3.30. The second kappa shape index (κ2) is 5.17. The van der Waals surface area contributed by atoms with Crippen LogP contribution in [0.1, 0.15) is 25.5 Å². The van der Waals surface area contributed by atoms with Crippen LogP contribution in [0.2, 0.25) is 0 Å². The Morgan fingerprint density at radius 1 is 1.31 bits per heavy atom. The number of aryl methyl sites for hydroxylation is 1. The van der Waals surface area contributed by atoms with Crippen molar-refractivity contribution in [1.82, 2.24) is 5.32 Å². The summed E-state index contributed by atoms with van der Waals surface area (Å²) in [5.41, 5.74) is 0.995. The van der Waals surface area contributed by atoms with Crippen LogP contribution in [0.3, 0.4) is 0 Å². The Morgan fingerprint density at radius 2 is 2.12 bits per heavy atom. The largest absolute Gasteiger partial charge is 0.461 e. The highest BCUT2D eigenvalue weighted by Gasteiger charge is 2.06. The standard InChI is InChI=1S/C14H19NO/c1-3-12(15-2)8-9-13-10-11-6-4-5-7-14(11)16-13/h4-7,10,12,15H,3,8-9H2,1-2H3. The van der Waals surface area contributed by atoms with Crippen molar-refractivity contribution in [3.05, 3.63) is 36.1 Å². The number of fused-ring (bicyclic) bond motifs is 1. The fraction of sp³-hybridized carbons (Fsp3) is 0.429. The van der Waals surface area contributed by atoms with Gasteiger partial charge in [-0.3, -0.25) is 0 Å². The quantitative estimate of drug-likeness (QED) is 0.830. The third-order valence-electron chi connectivity index (χ3n) is 3.12. The smallest absolute Gasteiger partial charge is 0.134 e. The maximum absolute atomic E-state index is 5.78. The van der Waals surface area contributed by atoms with Gasteiger partial charge in [-0.15, -0.1) is 0 Å². The molecule has 2 heteroatoms. The maximum Gasteiger partial charge on any atom is 0.134 e. The van der Waals surface area contributed by atoms with Gasteiger partial charge in [0, 0.05) is 17.8 Å². The lowest BCUT2D eigenvalue weighted by atomic mass is 10.1. The third kappa shape index (κ3) is 2.45. The van der Waals surface area contributed by atoms with Crippen molar-refractivity contribution < 1.29 is 4.42 Å². The van der Waals surface area contributed by atoms with Crippen LogP contribution in [0.25, 0.3) is 11.0 Å². The van der Waals surface area contributed by atoms with E-state index in [9.17, 15) is 0 Å². The monoisotopic (exact) mass is 217 g/mol. The average Bonchev–Trinajstić information content (AvgIpc) is 2.73. The molecule has 0 aliphatic carbocycles. The van der Waals surface area contributed by atoms with Crippen LogP contribution < -0.4 is 5.32 Å². The van der Waals surface area contributed by atoms with E-state index in [1.165, 1.54) is 5.39 Å². The second-order valence-electron chi connectivity index (χ2n) is 4.18. The normalized spacial score (nSPS) is 13.1. The van der Waals surface area contributed by atoms with Crippen LogP contribution in [0, 0.1) is 0 Å². The van der Waals surface area contributed by atoms with Crippen molar-refractivity contribution in [2.45, 2.75) is 32.2 Å². The van der Waals surface area contributed by atoms with Gasteiger partial charge in [-0.25, -0.2) is 0 Å². The first-order valence-electron chi connectivity index (χ1n) is 5.98. The zero-order valence-electron chi connectivity index (χ0n) is 9.99. The Balaban J connectivity index is 2.04. The van der Waals surface area contributed by atoms with Gasteiger partial charge in [0.1, 0.15) is 11.3 Å². The molecular weight excluding hydrogens is 198 g/mol. The third-order valence-corrected chi connectivity index (χ3v) is 3.12. The summed E-state index contributed by atoms with van der Waals surface area (Å²) in [6.45, 7) is 2.21. The molecule has 1 N–H and O–H groups in total. The van der Waals surface area contributed by atoms with Gasteiger partial charge >= 0.3 is 0 Å². The van der Waals surface area contributed by atoms with Gasteiger partial charge in [0.05, 0.1) is 0 Å². The van der Waals surface area contributed by atoms with Gasteiger partial charge in [-0.1, -0.05) is 25.1 Å². The van der Waals surface area contributed by atoms with Gasteiger partial charge in [-0.05, 0) is 32.0 Å². The maximum atomic E-state index is 5.78. The molecule has 0 saturated carbocycles. The Bertz CT molecular complexity index is 410. The predicted octanol–water partition coefficient (Wildman–Crippen LogP) is 3.36. The fourth-order valence-electron chi connectivity index (χ4n) is 2.03. The molecule has 1 heterocycles. The molecule has 0 saturated heterocycles. The summed E-state index contributed by atoms with van der Waals surface area (Å²) in [5, 5.41) is 4.52. The van der Waals surface area contributed by atoms with Crippen molar-refractivity contribution >= 4 is 11.0 Å². The summed E-state index contributed by atoms with van der Waals surface area (Å²) >= 11 is 0. The second-order valence-corrected chi connectivity index (χ2v) is 4.18. The Morgan fingerprint density at radius 3 is 2.81 bits per heavy atom. The molecule has 0 radical (unpaired) electrons. The molecule has 16 heavy (non-hydrogen) atoms. The van der Waals surface area contributed by atoms with Gasteiger partial charge in [0.2, 0.25) is 0 Å². The predicted molar refractivity (Wildman–Crippen MR) is 67.7 cm³/mol. The van der Waals surface area contributed by atoms with E-state index in [0.29, 0.717) is 6.04 Å². The van der Waals surface area contributed by atoms with Crippen LogP contribution in [0.15, 0.2) is 34.7 Å². The van der Waals surface area contributed by atoms with Crippen molar-refractivity contribution in [1.29, 1.82) is 0 Å². The fourth-order valence-corrected chi connectivity index (χ4v) is 2.03. The summed E-state index contributed by atoms with van der Waals surface area (Å²) in [5.74, 6) is 1.09. The number of hydrogen-bond acceptors (Lipinski definition) is 2. The molecule has 2 rings (SSSR count). The zero-order valence-corrected chi connectivity index (χ0v) is 9.99. The Kier molecular flexibility index (Phi) is 3.62. The van der Waals surface area contributed by atoms with E-state index in [1.807, 2.05) is 25.2 Å². The minimum Gasteiger partial charge on any atom is -0.461 e. The lowest BCUT2D eigenvalue weighted by Crippen LogP contribution is -2.24. The molecule has 0 aliphatic heterocycles. The molecule has 2 nitrogen and oxygen atoms in total. The van der Waals surface area contributed by atoms with Gasteiger partial charge in [0.25, 0.3) is 0 Å². The van der Waals surface area contributed by atoms with Crippen molar-refractivity contribution in [2.24, 2.45) is 0 Å². The van der Waals surface area contributed by atoms with Crippen molar-refractivity contribution in [3.8, 4) is 0 Å². The van der Waals surface area contributed by atoms with Crippen molar-refractivity contribution in [3.63, 3.8) is 0 Å². The first-order valence-corrected chi connectivity index (χ1v) is 5.98. The van der Waals surface area contributed by atoms with Crippen LogP contribution in [-0.2, 0) is 6.42 Å². The summed E-state index contributed by atoms with van der Waals surface area (Å²) in [6, 6.07) is 10.9. The van der Waals surface area contributed by atoms with Crippen LogP contribution >= 0.6 is 0 Å². The number of para-hydroxylation sites is 1. The molecule has 0 aliphatic rings. The molecule has 0 amide bonds. The first-order chi connectivity index (χ1) is 7.83. The van der Waals surface area contributed by atoms with E-state index >= 15 is 0 Å². The first kappa shape index (κ1) is 11.2.